The van der Waals surface area contributed by atoms with E-state index in [1.165, 1.54) is 12.8 Å². The van der Waals surface area contributed by atoms with Gasteiger partial charge in [-0.15, -0.1) is 0 Å². The van der Waals surface area contributed by atoms with Crippen LogP contribution in [0.25, 0.3) is 0 Å². The first-order chi connectivity index (χ1) is 8.20. The average molecular weight is 240 g/mol. The number of nitrogens with zero attached hydrogens (tertiary/aromatic N) is 1. The maximum Gasteiger partial charge on any atom is 0.127 e. The Labute approximate surface area is 104 Å². The molecule has 0 bridgehead atoms. The standard InChI is InChI=1S/C13H24N2O2/c1-3-4-7-16-8-9-17-11-13(2,10-14)15-12-5-6-12/h12,15H,3-9,11H2,1-2H3. The fourth-order valence-electron chi connectivity index (χ4n) is 1.53. The van der Waals surface area contributed by atoms with E-state index in [1.54, 1.807) is 0 Å². The lowest BCUT2D eigenvalue weighted by Crippen LogP contribution is -2.46. The van der Waals surface area contributed by atoms with Crippen molar-refractivity contribution in [3.8, 4) is 6.07 Å². The predicted octanol–water partition coefficient (Wildman–Crippen LogP) is 1.85. The van der Waals surface area contributed by atoms with Crippen LogP contribution < -0.4 is 5.32 Å². The number of rotatable bonds is 10. The Balaban J connectivity index is 2.01. The monoisotopic (exact) mass is 240 g/mol. The van der Waals surface area contributed by atoms with Gasteiger partial charge in [-0.25, -0.2) is 0 Å². The van der Waals surface area contributed by atoms with Gasteiger partial charge < -0.3 is 9.47 Å². The van der Waals surface area contributed by atoms with Gasteiger partial charge in [-0.05, 0) is 26.2 Å². The van der Waals surface area contributed by atoms with Crippen LogP contribution in [-0.4, -0.2) is 38.0 Å². The fraction of sp³-hybridized carbons (Fsp3) is 0.923. The molecule has 0 aromatic rings. The molecule has 0 spiro atoms. The summed E-state index contributed by atoms with van der Waals surface area (Å²) in [7, 11) is 0. The summed E-state index contributed by atoms with van der Waals surface area (Å²) in [6.07, 6.45) is 4.60. The Bertz CT molecular complexity index is 248. The maximum absolute atomic E-state index is 9.11. The van der Waals surface area contributed by atoms with Gasteiger partial charge in [-0.3, -0.25) is 5.32 Å². The molecule has 17 heavy (non-hydrogen) atoms. The number of ether oxygens (including phenoxy) is 2. The lowest BCUT2D eigenvalue weighted by molar-refractivity contribution is 0.0311. The molecular formula is C13H24N2O2. The Morgan fingerprint density at radius 1 is 1.29 bits per heavy atom. The number of hydrogen-bond acceptors (Lipinski definition) is 4. The summed E-state index contributed by atoms with van der Waals surface area (Å²) in [6, 6.07) is 2.80. The third kappa shape index (κ3) is 6.62. The quantitative estimate of drug-likeness (QED) is 0.592. The smallest absolute Gasteiger partial charge is 0.127 e. The highest BCUT2D eigenvalue weighted by atomic mass is 16.5. The van der Waals surface area contributed by atoms with Crippen molar-refractivity contribution in [1.29, 1.82) is 5.26 Å². The summed E-state index contributed by atoms with van der Waals surface area (Å²) >= 11 is 0. The molecule has 1 aliphatic carbocycles. The van der Waals surface area contributed by atoms with Crippen LogP contribution in [0.15, 0.2) is 0 Å². The van der Waals surface area contributed by atoms with Crippen molar-refractivity contribution >= 4 is 0 Å². The summed E-state index contributed by atoms with van der Waals surface area (Å²) in [5.74, 6) is 0. The molecule has 1 atom stereocenters. The lowest BCUT2D eigenvalue weighted by Gasteiger charge is -2.22. The van der Waals surface area contributed by atoms with Gasteiger partial charge in [0.1, 0.15) is 5.54 Å². The molecule has 0 radical (unpaired) electrons. The molecule has 0 aromatic heterocycles. The Kier molecular flexibility index (Phi) is 6.49. The van der Waals surface area contributed by atoms with Crippen molar-refractivity contribution in [2.45, 2.75) is 51.1 Å². The number of hydrogen-bond donors (Lipinski definition) is 1. The minimum atomic E-state index is -0.551. The molecule has 1 fully saturated rings. The molecule has 0 aliphatic heterocycles. The summed E-state index contributed by atoms with van der Waals surface area (Å²) in [6.45, 7) is 6.44. The molecule has 1 saturated carbocycles. The summed E-state index contributed by atoms with van der Waals surface area (Å²) < 4.78 is 10.9. The first kappa shape index (κ1) is 14.4. The first-order valence-electron chi connectivity index (χ1n) is 6.54. The van der Waals surface area contributed by atoms with Crippen molar-refractivity contribution in [2.75, 3.05) is 26.4 Å². The van der Waals surface area contributed by atoms with Crippen LogP contribution in [0.3, 0.4) is 0 Å². The number of unbranched alkanes of at least 4 members (excludes halogenated alkanes) is 1. The molecule has 1 unspecified atom stereocenters. The maximum atomic E-state index is 9.11. The van der Waals surface area contributed by atoms with Crippen molar-refractivity contribution in [2.24, 2.45) is 0 Å². The second kappa shape index (κ2) is 7.65. The Hall–Kier alpha value is -0.630. The molecule has 1 N–H and O–H groups in total. The molecule has 4 heteroatoms. The predicted molar refractivity (Wildman–Crippen MR) is 66.7 cm³/mol. The highest BCUT2D eigenvalue weighted by Crippen LogP contribution is 2.22. The summed E-state index contributed by atoms with van der Waals surface area (Å²) in [5, 5.41) is 12.4. The van der Waals surface area contributed by atoms with Crippen LogP contribution in [0.4, 0.5) is 0 Å². The summed E-state index contributed by atoms with van der Waals surface area (Å²) in [5.41, 5.74) is -0.551. The molecular weight excluding hydrogens is 216 g/mol. The SMILES string of the molecule is CCCCOCCOCC(C)(C#N)NC1CC1. The van der Waals surface area contributed by atoms with Gasteiger partial charge >= 0.3 is 0 Å². The molecule has 0 amide bonds. The van der Waals surface area contributed by atoms with Gasteiger partial charge in [-0.1, -0.05) is 13.3 Å². The van der Waals surface area contributed by atoms with Gasteiger partial charge in [0.25, 0.3) is 0 Å². The van der Waals surface area contributed by atoms with Crippen LogP contribution in [0, 0.1) is 11.3 Å². The minimum absolute atomic E-state index is 0.428. The second-order valence-electron chi connectivity index (χ2n) is 4.88. The van der Waals surface area contributed by atoms with E-state index in [9.17, 15) is 0 Å². The van der Waals surface area contributed by atoms with Gasteiger partial charge in [0.15, 0.2) is 0 Å². The summed E-state index contributed by atoms with van der Waals surface area (Å²) in [4.78, 5) is 0. The van der Waals surface area contributed by atoms with Crippen LogP contribution in [-0.2, 0) is 9.47 Å². The molecule has 0 saturated heterocycles. The molecule has 1 aliphatic rings. The van der Waals surface area contributed by atoms with E-state index in [4.69, 9.17) is 14.7 Å². The lowest BCUT2D eigenvalue weighted by atomic mass is 10.1. The van der Waals surface area contributed by atoms with Crippen LogP contribution in [0.2, 0.25) is 0 Å². The van der Waals surface area contributed by atoms with Crippen molar-refractivity contribution in [3.63, 3.8) is 0 Å². The van der Waals surface area contributed by atoms with Crippen LogP contribution in [0.1, 0.15) is 39.5 Å². The fourth-order valence-corrected chi connectivity index (χ4v) is 1.53. The Morgan fingerprint density at radius 2 is 2.00 bits per heavy atom. The number of nitriles is 1. The minimum Gasteiger partial charge on any atom is -0.379 e. The zero-order valence-corrected chi connectivity index (χ0v) is 11.0. The van der Waals surface area contributed by atoms with Gasteiger partial charge in [0.2, 0.25) is 0 Å². The second-order valence-corrected chi connectivity index (χ2v) is 4.88. The Morgan fingerprint density at radius 3 is 2.59 bits per heavy atom. The van der Waals surface area contributed by atoms with Crippen LogP contribution >= 0.6 is 0 Å². The van der Waals surface area contributed by atoms with Crippen molar-refractivity contribution in [1.82, 2.24) is 5.32 Å². The van der Waals surface area contributed by atoms with Gasteiger partial charge in [-0.2, -0.15) is 5.26 Å². The topological polar surface area (TPSA) is 54.3 Å². The van der Waals surface area contributed by atoms with E-state index < -0.39 is 5.54 Å². The van der Waals surface area contributed by atoms with Crippen LogP contribution in [0.5, 0.6) is 0 Å². The van der Waals surface area contributed by atoms with E-state index in [0.29, 0.717) is 25.9 Å². The largest absolute Gasteiger partial charge is 0.379 e. The molecule has 0 aromatic carbocycles. The normalized spacial score (nSPS) is 18.6. The zero-order valence-electron chi connectivity index (χ0n) is 11.0. The molecule has 4 nitrogen and oxygen atoms in total. The van der Waals surface area contributed by atoms with Crippen molar-refractivity contribution < 1.29 is 9.47 Å². The molecule has 98 valence electrons. The van der Waals surface area contributed by atoms with Gasteiger partial charge in [0, 0.05) is 12.6 Å². The highest BCUT2D eigenvalue weighted by molar-refractivity contribution is 5.07. The average Bonchev–Trinajstić information content (AvgIpc) is 3.12. The molecule has 0 heterocycles. The van der Waals surface area contributed by atoms with E-state index in [-0.39, 0.29) is 0 Å². The highest BCUT2D eigenvalue weighted by Gasteiger charge is 2.32. The number of nitrogens with one attached hydrogen (secondary N) is 1. The van der Waals surface area contributed by atoms with Gasteiger partial charge in [0.05, 0.1) is 25.9 Å². The van der Waals surface area contributed by atoms with E-state index in [1.807, 2.05) is 6.92 Å². The van der Waals surface area contributed by atoms with E-state index in [0.717, 1.165) is 19.4 Å². The third-order valence-corrected chi connectivity index (χ3v) is 2.75. The first-order valence-corrected chi connectivity index (χ1v) is 6.54. The van der Waals surface area contributed by atoms with E-state index >= 15 is 0 Å². The third-order valence-electron chi connectivity index (χ3n) is 2.75. The van der Waals surface area contributed by atoms with E-state index in [2.05, 4.69) is 18.3 Å². The van der Waals surface area contributed by atoms with Crippen molar-refractivity contribution in [3.05, 3.63) is 0 Å². The zero-order chi connectivity index (χ0) is 12.6. The molecule has 1 rings (SSSR count).